The first-order valence-electron chi connectivity index (χ1n) is 10.5. The second-order valence-corrected chi connectivity index (χ2v) is 7.34. The second-order valence-electron chi connectivity index (χ2n) is 7.34. The van der Waals surface area contributed by atoms with Crippen molar-refractivity contribution in [1.82, 2.24) is 9.55 Å². The Hall–Kier alpha value is -2.55. The SMILES string of the molecule is O=C(CCCCCCCc1ccccc1)Nc1ccn(C2COC(CO)O2)c(=O)n1. The van der Waals surface area contributed by atoms with E-state index in [4.69, 9.17) is 14.6 Å². The number of aryl methyl sites for hydroxylation is 1. The van der Waals surface area contributed by atoms with Crippen LogP contribution < -0.4 is 11.0 Å². The number of amides is 1. The summed E-state index contributed by atoms with van der Waals surface area (Å²) in [5.74, 6) is 0.0754. The second kappa shape index (κ2) is 11.6. The minimum Gasteiger partial charge on any atom is -0.391 e. The van der Waals surface area contributed by atoms with Crippen LogP contribution in [0.5, 0.6) is 0 Å². The highest BCUT2D eigenvalue weighted by Crippen LogP contribution is 2.19. The fourth-order valence-corrected chi connectivity index (χ4v) is 3.38. The smallest absolute Gasteiger partial charge is 0.351 e. The zero-order valence-electron chi connectivity index (χ0n) is 17.0. The minimum atomic E-state index is -0.736. The molecule has 2 heterocycles. The molecule has 2 aromatic rings. The molecule has 1 fully saturated rings. The number of aliphatic hydroxyl groups excluding tert-OH is 1. The summed E-state index contributed by atoms with van der Waals surface area (Å²) < 4.78 is 11.9. The number of aromatic nitrogens is 2. The monoisotopic (exact) mass is 415 g/mol. The minimum absolute atomic E-state index is 0.148. The normalized spacial score (nSPS) is 18.4. The number of unbranched alkanes of at least 4 members (excludes halogenated alkanes) is 4. The number of aliphatic hydroxyl groups is 1. The van der Waals surface area contributed by atoms with Gasteiger partial charge in [-0.25, -0.2) is 4.79 Å². The van der Waals surface area contributed by atoms with Crippen molar-refractivity contribution in [1.29, 1.82) is 0 Å². The molecule has 30 heavy (non-hydrogen) atoms. The molecular weight excluding hydrogens is 386 g/mol. The van der Waals surface area contributed by atoms with Crippen LogP contribution >= 0.6 is 0 Å². The molecule has 162 valence electrons. The van der Waals surface area contributed by atoms with Gasteiger partial charge in [0.05, 0.1) is 13.2 Å². The van der Waals surface area contributed by atoms with Crippen molar-refractivity contribution >= 4 is 11.7 Å². The van der Waals surface area contributed by atoms with Crippen LogP contribution in [0.15, 0.2) is 47.4 Å². The summed E-state index contributed by atoms with van der Waals surface area (Å²) in [4.78, 5) is 28.1. The van der Waals surface area contributed by atoms with Gasteiger partial charge in [-0.15, -0.1) is 0 Å². The molecule has 2 N–H and O–H groups in total. The van der Waals surface area contributed by atoms with Gasteiger partial charge in [-0.2, -0.15) is 4.98 Å². The lowest BCUT2D eigenvalue weighted by atomic mass is 10.0. The van der Waals surface area contributed by atoms with Crippen LogP contribution in [0.1, 0.15) is 50.3 Å². The Morgan fingerprint density at radius 1 is 1.13 bits per heavy atom. The number of hydrogen-bond acceptors (Lipinski definition) is 6. The van der Waals surface area contributed by atoms with E-state index in [1.165, 1.54) is 16.3 Å². The van der Waals surface area contributed by atoms with Crippen molar-refractivity contribution in [2.75, 3.05) is 18.5 Å². The van der Waals surface area contributed by atoms with Gasteiger partial charge in [0.1, 0.15) is 5.82 Å². The number of nitrogens with one attached hydrogen (secondary N) is 1. The number of nitrogens with zero attached hydrogens (tertiary/aromatic N) is 2. The molecule has 2 atom stereocenters. The fourth-order valence-electron chi connectivity index (χ4n) is 3.38. The van der Waals surface area contributed by atoms with E-state index in [1.807, 2.05) is 6.07 Å². The molecule has 0 spiro atoms. The van der Waals surface area contributed by atoms with Crippen LogP contribution in [-0.2, 0) is 20.7 Å². The van der Waals surface area contributed by atoms with E-state index in [-0.39, 0.29) is 24.9 Å². The molecule has 8 heteroatoms. The average molecular weight is 415 g/mol. The fraction of sp³-hybridized carbons (Fsp3) is 0.500. The largest absolute Gasteiger partial charge is 0.391 e. The molecule has 1 saturated heterocycles. The van der Waals surface area contributed by atoms with Crippen molar-refractivity contribution in [2.45, 2.75) is 57.5 Å². The highest BCUT2D eigenvalue weighted by atomic mass is 16.7. The molecular formula is C22H29N3O5. The van der Waals surface area contributed by atoms with Crippen LogP contribution in [-0.4, -0.2) is 40.1 Å². The Morgan fingerprint density at radius 3 is 2.63 bits per heavy atom. The third-order valence-corrected chi connectivity index (χ3v) is 5.00. The number of benzene rings is 1. The quantitative estimate of drug-likeness (QED) is 0.547. The maximum absolute atomic E-state index is 12.2. The van der Waals surface area contributed by atoms with Crippen LogP contribution in [0.2, 0.25) is 0 Å². The molecule has 1 aromatic heterocycles. The maximum atomic E-state index is 12.2. The summed E-state index contributed by atoms with van der Waals surface area (Å²) in [6, 6.07) is 12.0. The Morgan fingerprint density at radius 2 is 1.90 bits per heavy atom. The lowest BCUT2D eigenvalue weighted by Crippen LogP contribution is -2.29. The van der Waals surface area contributed by atoms with Gasteiger partial charge in [-0.1, -0.05) is 49.6 Å². The first-order chi connectivity index (χ1) is 14.7. The zero-order chi connectivity index (χ0) is 21.2. The van der Waals surface area contributed by atoms with Crippen LogP contribution in [0.4, 0.5) is 5.82 Å². The van der Waals surface area contributed by atoms with Crippen LogP contribution in [0.3, 0.4) is 0 Å². The van der Waals surface area contributed by atoms with Crippen molar-refractivity contribution in [3.05, 3.63) is 58.6 Å². The molecule has 2 unspecified atom stereocenters. The summed E-state index contributed by atoms with van der Waals surface area (Å²) >= 11 is 0. The average Bonchev–Trinajstić information content (AvgIpc) is 3.23. The predicted octanol–water partition coefficient (Wildman–Crippen LogP) is 2.63. The molecule has 1 aromatic carbocycles. The van der Waals surface area contributed by atoms with Crippen molar-refractivity contribution < 1.29 is 19.4 Å². The highest BCUT2D eigenvalue weighted by Gasteiger charge is 2.27. The summed E-state index contributed by atoms with van der Waals surface area (Å²) in [6.45, 7) is -0.121. The third kappa shape index (κ3) is 6.76. The summed E-state index contributed by atoms with van der Waals surface area (Å²) in [5, 5.41) is 11.7. The first kappa shape index (κ1) is 22.1. The first-order valence-corrected chi connectivity index (χ1v) is 10.5. The molecule has 3 rings (SSSR count). The van der Waals surface area contributed by atoms with Gasteiger partial charge in [0, 0.05) is 12.6 Å². The molecule has 1 amide bonds. The maximum Gasteiger partial charge on any atom is 0.351 e. The lowest BCUT2D eigenvalue weighted by Gasteiger charge is -2.12. The van der Waals surface area contributed by atoms with Crippen LogP contribution in [0.25, 0.3) is 0 Å². The van der Waals surface area contributed by atoms with Gasteiger partial charge in [-0.3, -0.25) is 9.36 Å². The van der Waals surface area contributed by atoms with E-state index in [2.05, 4.69) is 34.6 Å². The number of anilines is 1. The number of carbonyl (C=O) groups excluding carboxylic acids is 1. The highest BCUT2D eigenvalue weighted by molar-refractivity contribution is 5.89. The van der Waals surface area contributed by atoms with Crippen molar-refractivity contribution in [2.24, 2.45) is 0 Å². The molecule has 0 aliphatic carbocycles. The number of ether oxygens (including phenoxy) is 2. The molecule has 0 saturated carbocycles. The lowest BCUT2D eigenvalue weighted by molar-refractivity contribution is -0.116. The van der Waals surface area contributed by atoms with Gasteiger partial charge < -0.3 is 19.9 Å². The zero-order valence-corrected chi connectivity index (χ0v) is 17.0. The van der Waals surface area contributed by atoms with Gasteiger partial charge >= 0.3 is 5.69 Å². The van der Waals surface area contributed by atoms with E-state index in [0.29, 0.717) is 6.42 Å². The van der Waals surface area contributed by atoms with Crippen molar-refractivity contribution in [3.8, 4) is 0 Å². The van der Waals surface area contributed by atoms with E-state index in [0.717, 1.165) is 38.5 Å². The van der Waals surface area contributed by atoms with Gasteiger partial charge in [-0.05, 0) is 30.9 Å². The van der Waals surface area contributed by atoms with Crippen LogP contribution in [0, 0.1) is 0 Å². The Balaban J connectivity index is 1.32. The Kier molecular flexibility index (Phi) is 8.55. The van der Waals surface area contributed by atoms with Crippen molar-refractivity contribution in [3.63, 3.8) is 0 Å². The van der Waals surface area contributed by atoms with Gasteiger partial charge in [0.25, 0.3) is 0 Å². The molecule has 8 nitrogen and oxygen atoms in total. The van der Waals surface area contributed by atoms with E-state index in [9.17, 15) is 9.59 Å². The number of rotatable bonds is 11. The molecule has 0 bridgehead atoms. The van der Waals surface area contributed by atoms with E-state index in [1.54, 1.807) is 6.07 Å². The topological polar surface area (TPSA) is 103 Å². The van der Waals surface area contributed by atoms with Gasteiger partial charge in [0.2, 0.25) is 5.91 Å². The van der Waals surface area contributed by atoms with E-state index >= 15 is 0 Å². The summed E-state index contributed by atoms with van der Waals surface area (Å²) in [6.07, 6.45) is 6.86. The predicted molar refractivity (Wildman–Crippen MR) is 112 cm³/mol. The standard InChI is InChI=1S/C22H29N3O5/c26-15-21-29-16-20(30-21)25-14-13-18(24-22(25)28)23-19(27)12-8-3-1-2-5-9-17-10-6-4-7-11-17/h4,6-7,10-11,13-14,20-21,26H,1-3,5,8-9,12,15-16H2,(H,23,24,27,28). The summed E-state index contributed by atoms with van der Waals surface area (Å²) in [5.41, 5.74) is 0.824. The third-order valence-electron chi connectivity index (χ3n) is 5.00. The Bertz CT molecular complexity index is 855. The molecule has 0 radical (unpaired) electrons. The molecule has 1 aliphatic heterocycles. The number of hydrogen-bond donors (Lipinski definition) is 2. The Labute approximate surface area is 175 Å². The summed E-state index contributed by atoms with van der Waals surface area (Å²) in [7, 11) is 0. The van der Waals surface area contributed by atoms with Gasteiger partial charge in [0.15, 0.2) is 12.5 Å². The van der Waals surface area contributed by atoms with E-state index < -0.39 is 18.2 Å². The molecule has 1 aliphatic rings. The number of carbonyl (C=O) groups is 1.